The molecule has 0 unspecified atom stereocenters. The van der Waals surface area contributed by atoms with E-state index in [0.717, 1.165) is 0 Å². The normalized spacial score (nSPS) is 10.3. The summed E-state index contributed by atoms with van der Waals surface area (Å²) in [5.74, 6) is 0. The maximum atomic E-state index is 11.7. The van der Waals surface area contributed by atoms with Gasteiger partial charge in [-0.15, -0.1) is 0 Å². The average molecular weight is 165 g/mol. The first kappa shape index (κ1) is 7.47. The van der Waals surface area contributed by atoms with Gasteiger partial charge in [-0.05, 0) is 0 Å². The summed E-state index contributed by atoms with van der Waals surface area (Å²) in [5, 5.41) is 2.33. The fraction of sp³-hybridized carbons (Fsp3) is 1.00. The molecule has 0 aliphatic carbocycles. The van der Waals surface area contributed by atoms with Crippen molar-refractivity contribution >= 4 is 14.3 Å². The molecular weight excluding hydrogens is 152 g/mol. The Kier molecular flexibility index (Phi) is 4.94. The molecule has 0 rings (SSSR count). The van der Waals surface area contributed by atoms with Gasteiger partial charge in [0.25, 0.3) is 0 Å². The Morgan fingerprint density at radius 1 is 1.29 bits per heavy atom. The van der Waals surface area contributed by atoms with Gasteiger partial charge in [0.1, 0.15) is 0 Å². The molecule has 0 heterocycles. The van der Waals surface area contributed by atoms with Crippen LogP contribution >= 0.6 is 0 Å². The first-order chi connectivity index (χ1) is 3.35. The summed E-state index contributed by atoms with van der Waals surface area (Å²) in [6, 6.07) is 0. The Morgan fingerprint density at radius 3 is 1.71 bits per heavy atom. The summed E-state index contributed by atoms with van der Waals surface area (Å²) in [4.78, 5) is 0. The van der Waals surface area contributed by atoms with Crippen LogP contribution in [0.1, 0.15) is 13.8 Å². The van der Waals surface area contributed by atoms with E-state index >= 15 is 0 Å². The first-order valence-corrected chi connectivity index (χ1v) is 8.05. The van der Waals surface area contributed by atoms with Crippen LogP contribution < -0.4 is 0 Å². The third-order valence-corrected chi connectivity index (χ3v) is 7.13. The summed E-state index contributed by atoms with van der Waals surface area (Å²) < 4.78 is 11.7. The Balaban J connectivity index is 2.99. The third-order valence-electron chi connectivity index (χ3n) is 1.37. The van der Waals surface area contributed by atoms with Crippen LogP contribution in [0.25, 0.3) is 0 Å². The van der Waals surface area contributed by atoms with Gasteiger partial charge in [0.05, 0.1) is 0 Å². The van der Waals surface area contributed by atoms with Crippen LogP contribution in [0.5, 0.6) is 0 Å². The molecule has 0 aromatic heterocycles. The molecule has 0 amide bonds. The fourth-order valence-corrected chi connectivity index (χ4v) is 2.63. The van der Waals surface area contributed by atoms with Crippen LogP contribution in [0.4, 0.5) is 4.39 Å². The fourth-order valence-electron chi connectivity index (χ4n) is 0.507. The van der Waals surface area contributed by atoms with Gasteiger partial charge in [0, 0.05) is 0 Å². The summed E-state index contributed by atoms with van der Waals surface area (Å²) in [5.41, 5.74) is 0.0417. The van der Waals surface area contributed by atoms with Gasteiger partial charge in [0.15, 0.2) is 0 Å². The van der Waals surface area contributed by atoms with Crippen molar-refractivity contribution < 1.29 is 4.39 Å². The first-order valence-electron chi connectivity index (χ1n) is 2.91. The summed E-state index contributed by atoms with van der Waals surface area (Å²) >= 11 is -1.24. The topological polar surface area (TPSA) is 0 Å². The summed E-state index contributed by atoms with van der Waals surface area (Å²) in [7, 11) is 0. The van der Waals surface area contributed by atoms with E-state index in [9.17, 15) is 4.39 Å². The predicted molar refractivity (Wildman–Crippen MR) is 34.1 cm³/mol. The van der Waals surface area contributed by atoms with Gasteiger partial charge >= 0.3 is 48.6 Å². The molecule has 0 aromatic rings. The average Bonchev–Trinajstić information content (AvgIpc) is 1.72. The van der Waals surface area contributed by atoms with E-state index in [1.807, 2.05) is 0 Å². The van der Waals surface area contributed by atoms with Crippen LogP contribution in [-0.2, 0) is 0 Å². The quantitative estimate of drug-likeness (QED) is 0.558. The molecule has 0 saturated heterocycles. The van der Waals surface area contributed by atoms with E-state index in [4.69, 9.17) is 0 Å². The van der Waals surface area contributed by atoms with Crippen molar-refractivity contribution in [3.8, 4) is 0 Å². The van der Waals surface area contributed by atoms with Crippen LogP contribution in [0.3, 0.4) is 0 Å². The Morgan fingerprint density at radius 2 is 1.71 bits per heavy atom. The molecule has 0 saturated carbocycles. The van der Waals surface area contributed by atoms with Gasteiger partial charge in [-0.3, -0.25) is 0 Å². The number of rotatable bonds is 3. The second-order valence-corrected chi connectivity index (χ2v) is 9.54. The minimum absolute atomic E-state index is 0.0417. The molecule has 0 N–H and O–H groups in total. The van der Waals surface area contributed by atoms with Crippen molar-refractivity contribution in [2.75, 3.05) is 5.51 Å². The molecule has 0 bridgehead atoms. The van der Waals surface area contributed by atoms with Gasteiger partial charge in [-0.2, -0.15) is 0 Å². The van der Waals surface area contributed by atoms with Crippen LogP contribution in [0, 0.1) is 0 Å². The summed E-state index contributed by atoms with van der Waals surface area (Å²) in [6.07, 6.45) is 0. The molecule has 0 aromatic carbocycles. The van der Waals surface area contributed by atoms with E-state index < -0.39 is 14.3 Å². The zero-order chi connectivity index (χ0) is 5.70. The predicted octanol–water partition coefficient (Wildman–Crippen LogP) is 1.76. The van der Waals surface area contributed by atoms with Crippen molar-refractivity contribution in [2.45, 2.75) is 24.4 Å². The molecular formula is C5H13FGe. The van der Waals surface area contributed by atoms with Crippen molar-refractivity contribution in [3.05, 3.63) is 0 Å². The van der Waals surface area contributed by atoms with Crippen LogP contribution in [0.2, 0.25) is 10.5 Å². The number of hydrogen-bond donors (Lipinski definition) is 0. The molecule has 2 heteroatoms. The second kappa shape index (κ2) is 4.63. The van der Waals surface area contributed by atoms with E-state index in [1.165, 1.54) is 10.5 Å². The monoisotopic (exact) mass is 166 g/mol. The third kappa shape index (κ3) is 3.09. The van der Waals surface area contributed by atoms with Crippen molar-refractivity contribution in [1.82, 2.24) is 0 Å². The molecule has 0 aliphatic heterocycles. The zero-order valence-corrected chi connectivity index (χ0v) is 7.50. The van der Waals surface area contributed by atoms with E-state index in [-0.39, 0.29) is 5.51 Å². The molecule has 0 nitrogen and oxygen atoms in total. The molecule has 44 valence electrons. The molecule has 7 heavy (non-hydrogen) atoms. The van der Waals surface area contributed by atoms with Gasteiger partial charge in [-0.25, -0.2) is 0 Å². The van der Waals surface area contributed by atoms with Gasteiger partial charge in [-0.1, -0.05) is 0 Å². The Bertz CT molecular complexity index is 29.6. The van der Waals surface area contributed by atoms with E-state index in [1.54, 1.807) is 0 Å². The van der Waals surface area contributed by atoms with Crippen LogP contribution in [-0.4, -0.2) is 19.9 Å². The Labute approximate surface area is 49.2 Å². The molecule has 0 fully saturated rings. The van der Waals surface area contributed by atoms with E-state index in [2.05, 4.69) is 13.8 Å². The zero-order valence-electron chi connectivity index (χ0n) is 5.08. The molecule has 0 atom stereocenters. The number of hydrogen-bond acceptors (Lipinski definition) is 0. The van der Waals surface area contributed by atoms with Crippen molar-refractivity contribution in [3.63, 3.8) is 0 Å². The molecule has 0 aliphatic rings. The number of alkyl halides is 1. The van der Waals surface area contributed by atoms with Crippen molar-refractivity contribution in [2.24, 2.45) is 0 Å². The standard InChI is InChI=1S/C5H13FGe/c1-3-7(4-2)5-6/h7H,3-5H2,1-2H3. The second-order valence-electron chi connectivity index (χ2n) is 1.84. The Hall–Kier alpha value is 0.473. The van der Waals surface area contributed by atoms with Crippen LogP contribution in [0.15, 0.2) is 0 Å². The molecule has 0 radical (unpaired) electrons. The minimum atomic E-state index is -1.24. The number of halogens is 1. The summed E-state index contributed by atoms with van der Waals surface area (Å²) in [6.45, 7) is 4.21. The maximum absolute atomic E-state index is 11.7. The van der Waals surface area contributed by atoms with E-state index in [0.29, 0.717) is 0 Å². The van der Waals surface area contributed by atoms with Gasteiger partial charge < -0.3 is 0 Å². The van der Waals surface area contributed by atoms with Crippen molar-refractivity contribution in [1.29, 1.82) is 0 Å². The molecule has 0 spiro atoms. The van der Waals surface area contributed by atoms with Gasteiger partial charge in [0.2, 0.25) is 0 Å². The SMILES string of the molecule is C[CH2][GeH]([CH2]C)[CH2]F.